The van der Waals surface area contributed by atoms with Crippen molar-refractivity contribution in [1.82, 2.24) is 14.9 Å². The molecule has 0 bridgehead atoms. The third-order valence-electron chi connectivity index (χ3n) is 6.23. The van der Waals surface area contributed by atoms with Crippen molar-refractivity contribution in [1.29, 1.82) is 0 Å². The van der Waals surface area contributed by atoms with Crippen LogP contribution in [0.25, 0.3) is 11.3 Å². The Morgan fingerprint density at radius 1 is 0.971 bits per heavy atom. The molecule has 0 atom stereocenters. The largest absolute Gasteiger partial charge is 0.493 e. The highest BCUT2D eigenvalue weighted by Crippen LogP contribution is 2.38. The van der Waals surface area contributed by atoms with Crippen LogP contribution >= 0.6 is 0 Å². The first-order valence-electron chi connectivity index (χ1n) is 12.0. The van der Waals surface area contributed by atoms with Crippen molar-refractivity contribution >= 4 is 11.7 Å². The molecule has 184 valence electrons. The van der Waals surface area contributed by atoms with Gasteiger partial charge in [-0.2, -0.15) is 4.98 Å². The summed E-state index contributed by atoms with van der Waals surface area (Å²) in [4.78, 5) is 28.9. The SMILES string of the molecule is COc1cc2c(cc1OC)-c1cc(NCCCCCCNC(=O)c3ccccc3)nc(=O)n1CC2. The summed E-state index contributed by atoms with van der Waals surface area (Å²) in [6, 6.07) is 15.1. The Labute approximate surface area is 205 Å². The maximum atomic E-state index is 12.7. The van der Waals surface area contributed by atoms with E-state index in [9.17, 15) is 9.59 Å². The summed E-state index contributed by atoms with van der Waals surface area (Å²) in [5, 5.41) is 6.25. The number of hydrogen-bond donors (Lipinski definition) is 2. The van der Waals surface area contributed by atoms with E-state index in [0.717, 1.165) is 55.5 Å². The molecule has 1 aliphatic heterocycles. The third-order valence-corrected chi connectivity index (χ3v) is 6.23. The number of hydrogen-bond acceptors (Lipinski definition) is 6. The van der Waals surface area contributed by atoms with E-state index in [2.05, 4.69) is 15.6 Å². The van der Waals surface area contributed by atoms with Crippen LogP contribution in [0.5, 0.6) is 11.5 Å². The first-order chi connectivity index (χ1) is 17.1. The van der Waals surface area contributed by atoms with Crippen molar-refractivity contribution in [3.8, 4) is 22.8 Å². The summed E-state index contributed by atoms with van der Waals surface area (Å²) in [5.41, 5.74) is 3.36. The van der Waals surface area contributed by atoms with Gasteiger partial charge in [-0.05, 0) is 49.1 Å². The molecule has 0 radical (unpaired) electrons. The lowest BCUT2D eigenvalue weighted by Gasteiger charge is -2.23. The summed E-state index contributed by atoms with van der Waals surface area (Å²) in [5.74, 6) is 1.88. The molecular formula is C27H32N4O4. The second-order valence-electron chi connectivity index (χ2n) is 8.54. The topological polar surface area (TPSA) is 94.5 Å². The lowest BCUT2D eigenvalue weighted by atomic mass is 9.97. The van der Waals surface area contributed by atoms with Gasteiger partial charge in [-0.1, -0.05) is 31.0 Å². The number of unbranched alkanes of at least 4 members (excludes halogenated alkanes) is 3. The molecule has 0 aliphatic carbocycles. The highest BCUT2D eigenvalue weighted by atomic mass is 16.5. The Morgan fingerprint density at radius 2 is 1.69 bits per heavy atom. The number of methoxy groups -OCH3 is 2. The fourth-order valence-corrected chi connectivity index (χ4v) is 4.35. The second-order valence-corrected chi connectivity index (χ2v) is 8.54. The van der Waals surface area contributed by atoms with Crippen molar-refractivity contribution in [2.75, 3.05) is 32.6 Å². The minimum absolute atomic E-state index is 0.0327. The number of nitrogens with one attached hydrogen (secondary N) is 2. The van der Waals surface area contributed by atoms with Gasteiger partial charge in [-0.3, -0.25) is 9.36 Å². The number of rotatable bonds is 11. The van der Waals surface area contributed by atoms with Gasteiger partial charge in [0.1, 0.15) is 5.82 Å². The molecule has 1 amide bonds. The quantitative estimate of drug-likeness (QED) is 0.408. The van der Waals surface area contributed by atoms with Crippen LogP contribution in [-0.2, 0) is 13.0 Å². The van der Waals surface area contributed by atoms with Gasteiger partial charge in [0, 0.05) is 36.8 Å². The number of aryl methyl sites for hydroxylation is 1. The van der Waals surface area contributed by atoms with E-state index in [1.165, 1.54) is 0 Å². The molecule has 8 nitrogen and oxygen atoms in total. The van der Waals surface area contributed by atoms with E-state index in [4.69, 9.17) is 9.47 Å². The Morgan fingerprint density at radius 3 is 2.43 bits per heavy atom. The van der Waals surface area contributed by atoms with Gasteiger partial charge < -0.3 is 20.1 Å². The monoisotopic (exact) mass is 476 g/mol. The minimum Gasteiger partial charge on any atom is -0.493 e. The normalized spacial score (nSPS) is 11.8. The van der Waals surface area contributed by atoms with Crippen molar-refractivity contribution in [3.05, 3.63) is 70.1 Å². The lowest BCUT2D eigenvalue weighted by Crippen LogP contribution is -2.29. The molecule has 0 saturated carbocycles. The van der Waals surface area contributed by atoms with Gasteiger partial charge in [0.2, 0.25) is 0 Å². The molecule has 0 spiro atoms. The number of nitrogens with zero attached hydrogens (tertiary/aromatic N) is 2. The van der Waals surface area contributed by atoms with E-state index in [0.29, 0.717) is 36.0 Å². The van der Waals surface area contributed by atoms with E-state index >= 15 is 0 Å². The average molecular weight is 477 g/mol. The van der Waals surface area contributed by atoms with Crippen LogP contribution in [0.4, 0.5) is 5.82 Å². The van der Waals surface area contributed by atoms with Crippen LogP contribution in [0, 0.1) is 0 Å². The van der Waals surface area contributed by atoms with Gasteiger partial charge in [0.05, 0.1) is 19.9 Å². The van der Waals surface area contributed by atoms with Crippen molar-refractivity contribution < 1.29 is 14.3 Å². The van der Waals surface area contributed by atoms with E-state index in [-0.39, 0.29) is 11.6 Å². The van der Waals surface area contributed by atoms with Crippen molar-refractivity contribution in [2.45, 2.75) is 38.6 Å². The summed E-state index contributed by atoms with van der Waals surface area (Å²) < 4.78 is 12.6. The van der Waals surface area contributed by atoms with E-state index in [1.807, 2.05) is 48.5 Å². The van der Waals surface area contributed by atoms with Gasteiger partial charge >= 0.3 is 5.69 Å². The number of anilines is 1. The average Bonchev–Trinajstić information content (AvgIpc) is 2.89. The summed E-state index contributed by atoms with van der Waals surface area (Å²) >= 11 is 0. The van der Waals surface area contributed by atoms with Crippen LogP contribution in [0.15, 0.2) is 53.3 Å². The molecule has 0 saturated heterocycles. The molecular weight excluding hydrogens is 444 g/mol. The zero-order valence-corrected chi connectivity index (χ0v) is 20.3. The third kappa shape index (κ3) is 5.82. The number of ether oxygens (including phenoxy) is 2. The lowest BCUT2D eigenvalue weighted by molar-refractivity contribution is 0.0953. The smallest absolute Gasteiger partial charge is 0.349 e. The Kier molecular flexibility index (Phi) is 8.03. The molecule has 1 aliphatic rings. The number of carbonyl (C=O) groups is 1. The van der Waals surface area contributed by atoms with Crippen LogP contribution in [-0.4, -0.2) is 42.8 Å². The Balaban J connectivity index is 1.27. The zero-order chi connectivity index (χ0) is 24.6. The Hall–Kier alpha value is -3.81. The van der Waals surface area contributed by atoms with Crippen molar-refractivity contribution in [2.24, 2.45) is 0 Å². The highest BCUT2D eigenvalue weighted by molar-refractivity contribution is 5.94. The molecule has 35 heavy (non-hydrogen) atoms. The molecule has 2 heterocycles. The molecule has 0 fully saturated rings. The summed E-state index contributed by atoms with van der Waals surface area (Å²) in [7, 11) is 3.23. The molecule has 1 aromatic heterocycles. The maximum Gasteiger partial charge on any atom is 0.349 e. The predicted molar refractivity (Wildman–Crippen MR) is 136 cm³/mol. The zero-order valence-electron chi connectivity index (χ0n) is 20.3. The summed E-state index contributed by atoms with van der Waals surface area (Å²) in [6.07, 6.45) is 4.67. The first-order valence-corrected chi connectivity index (χ1v) is 12.0. The minimum atomic E-state index is -0.250. The number of amides is 1. The van der Waals surface area contributed by atoms with Gasteiger partial charge in [0.25, 0.3) is 5.91 Å². The van der Waals surface area contributed by atoms with Crippen molar-refractivity contribution in [3.63, 3.8) is 0 Å². The fraction of sp³-hybridized carbons (Fsp3) is 0.370. The fourth-order valence-electron chi connectivity index (χ4n) is 4.35. The predicted octanol–water partition coefficient (Wildman–Crippen LogP) is 3.89. The summed E-state index contributed by atoms with van der Waals surface area (Å²) in [6.45, 7) is 1.98. The first kappa shape index (κ1) is 24.3. The molecule has 0 unspecified atom stereocenters. The number of fused-ring (bicyclic) bond motifs is 3. The van der Waals surface area contributed by atoms with Crippen LogP contribution < -0.4 is 25.8 Å². The van der Waals surface area contributed by atoms with E-state index in [1.54, 1.807) is 18.8 Å². The Bertz CT molecular complexity index is 1220. The number of benzene rings is 2. The van der Waals surface area contributed by atoms with Crippen LogP contribution in [0.2, 0.25) is 0 Å². The molecule has 2 N–H and O–H groups in total. The molecule has 3 aromatic rings. The molecule has 2 aromatic carbocycles. The second kappa shape index (κ2) is 11.6. The maximum absolute atomic E-state index is 12.7. The number of aromatic nitrogens is 2. The van der Waals surface area contributed by atoms with Gasteiger partial charge in [0.15, 0.2) is 11.5 Å². The van der Waals surface area contributed by atoms with Crippen LogP contribution in [0.3, 0.4) is 0 Å². The standard InChI is InChI=1S/C27H32N4O4/c1-34-23-16-20-12-15-31-22(21(20)17-24(23)35-2)18-25(30-27(31)33)28-13-8-3-4-9-14-29-26(32)19-10-6-5-7-11-19/h5-7,10-11,16-18H,3-4,8-9,12-15H2,1-2H3,(H,29,32)(H,28,30,33). The number of carbonyl (C=O) groups excluding carboxylic acids is 1. The van der Waals surface area contributed by atoms with E-state index < -0.39 is 0 Å². The molecule has 4 rings (SSSR count). The highest BCUT2D eigenvalue weighted by Gasteiger charge is 2.21. The van der Waals surface area contributed by atoms with Gasteiger partial charge in [-0.25, -0.2) is 4.79 Å². The van der Waals surface area contributed by atoms with Crippen LogP contribution in [0.1, 0.15) is 41.6 Å². The molecule has 8 heteroatoms. The van der Waals surface area contributed by atoms with Gasteiger partial charge in [-0.15, -0.1) is 0 Å².